The molecule has 1 aliphatic rings. The Hall–Kier alpha value is -1.30. The maximum atomic E-state index is 5.44. The smallest absolute Gasteiger partial charge is 0.147 e. The molecular formula is C15H19N3OS. The summed E-state index contributed by atoms with van der Waals surface area (Å²) in [7, 11) is 0. The lowest BCUT2D eigenvalue weighted by molar-refractivity contribution is 0.134. The maximum Gasteiger partial charge on any atom is 0.147 e. The number of benzene rings is 1. The lowest BCUT2D eigenvalue weighted by Gasteiger charge is -2.04. The van der Waals surface area contributed by atoms with Crippen molar-refractivity contribution in [3.63, 3.8) is 0 Å². The van der Waals surface area contributed by atoms with Crippen molar-refractivity contribution in [3.8, 4) is 10.6 Å². The summed E-state index contributed by atoms with van der Waals surface area (Å²) in [6.45, 7) is 7.65. The summed E-state index contributed by atoms with van der Waals surface area (Å²) in [5.74, 6) is 0.652. The fourth-order valence-electron chi connectivity index (χ4n) is 2.21. The molecule has 1 aliphatic heterocycles. The highest BCUT2D eigenvalue weighted by atomic mass is 32.1. The summed E-state index contributed by atoms with van der Waals surface area (Å²) < 4.78 is 5.44. The molecule has 0 aliphatic carbocycles. The van der Waals surface area contributed by atoms with Gasteiger partial charge in [-0.1, -0.05) is 37.3 Å². The highest BCUT2D eigenvalue weighted by Gasteiger charge is 2.14. The molecule has 1 aromatic carbocycles. The molecule has 106 valence electrons. The Labute approximate surface area is 123 Å². The van der Waals surface area contributed by atoms with Crippen LogP contribution in [0.25, 0.3) is 10.6 Å². The van der Waals surface area contributed by atoms with E-state index in [4.69, 9.17) is 4.74 Å². The van der Waals surface area contributed by atoms with E-state index in [1.165, 1.54) is 11.1 Å². The van der Waals surface area contributed by atoms with Crippen LogP contribution in [0.3, 0.4) is 0 Å². The lowest BCUT2D eigenvalue weighted by atomic mass is 10.1. The number of nitrogens with zero attached hydrogens (tertiary/aromatic N) is 2. The summed E-state index contributed by atoms with van der Waals surface area (Å²) in [5, 5.41) is 14.0. The Morgan fingerprint density at radius 1 is 1.25 bits per heavy atom. The Balaban J connectivity index is 1.70. The number of fused-ring (bicyclic) bond motifs is 1. The van der Waals surface area contributed by atoms with Gasteiger partial charge < -0.3 is 10.1 Å². The van der Waals surface area contributed by atoms with E-state index in [0.717, 1.165) is 35.3 Å². The largest absolute Gasteiger partial charge is 0.372 e. The molecule has 0 unspecified atom stereocenters. The zero-order chi connectivity index (χ0) is 13.9. The summed E-state index contributed by atoms with van der Waals surface area (Å²) in [6, 6.07) is 6.42. The number of nitrogens with one attached hydrogen (secondary N) is 1. The van der Waals surface area contributed by atoms with Gasteiger partial charge in [0.25, 0.3) is 0 Å². The van der Waals surface area contributed by atoms with E-state index < -0.39 is 0 Å². The number of rotatable bonds is 5. The van der Waals surface area contributed by atoms with E-state index in [1.807, 2.05) is 0 Å². The molecule has 5 heteroatoms. The van der Waals surface area contributed by atoms with Crippen molar-refractivity contribution in [2.24, 2.45) is 5.92 Å². The Bertz CT molecular complexity index is 595. The maximum absolute atomic E-state index is 5.44. The van der Waals surface area contributed by atoms with E-state index >= 15 is 0 Å². The van der Waals surface area contributed by atoms with Gasteiger partial charge in [0, 0.05) is 12.1 Å². The average Bonchev–Trinajstić information content (AvgIpc) is 3.05. The van der Waals surface area contributed by atoms with Crippen molar-refractivity contribution in [2.75, 3.05) is 6.54 Å². The highest BCUT2D eigenvalue weighted by molar-refractivity contribution is 7.14. The predicted octanol–water partition coefficient (Wildman–Crippen LogP) is 2.98. The van der Waals surface area contributed by atoms with Crippen molar-refractivity contribution in [1.82, 2.24) is 15.5 Å². The summed E-state index contributed by atoms with van der Waals surface area (Å²) in [6.07, 6.45) is 0. The van der Waals surface area contributed by atoms with E-state index in [1.54, 1.807) is 11.3 Å². The van der Waals surface area contributed by atoms with Gasteiger partial charge >= 0.3 is 0 Å². The van der Waals surface area contributed by atoms with Gasteiger partial charge in [0.05, 0.1) is 13.2 Å². The third-order valence-corrected chi connectivity index (χ3v) is 4.24. The molecular weight excluding hydrogens is 270 g/mol. The number of hydrogen-bond acceptors (Lipinski definition) is 5. The van der Waals surface area contributed by atoms with Gasteiger partial charge in [-0.3, -0.25) is 0 Å². The summed E-state index contributed by atoms with van der Waals surface area (Å²) in [5.41, 5.74) is 3.70. The molecule has 2 aromatic rings. The Morgan fingerprint density at radius 3 is 2.95 bits per heavy atom. The normalized spacial score (nSPS) is 13.9. The first-order chi connectivity index (χ1) is 9.72. The second kappa shape index (κ2) is 5.99. The number of aromatic nitrogens is 2. The molecule has 0 fully saturated rings. The molecule has 3 rings (SSSR count). The second-order valence-electron chi connectivity index (χ2n) is 5.50. The van der Waals surface area contributed by atoms with Gasteiger partial charge in [0.15, 0.2) is 0 Å². The molecule has 20 heavy (non-hydrogen) atoms. The minimum absolute atomic E-state index is 0.652. The number of hydrogen-bond donors (Lipinski definition) is 1. The minimum Gasteiger partial charge on any atom is -0.372 e. The molecule has 0 spiro atoms. The molecule has 4 nitrogen and oxygen atoms in total. The number of ether oxygens (including phenoxy) is 1. The quantitative estimate of drug-likeness (QED) is 0.919. The van der Waals surface area contributed by atoms with E-state index in [0.29, 0.717) is 12.5 Å². The molecule has 0 atom stereocenters. The predicted molar refractivity (Wildman–Crippen MR) is 80.4 cm³/mol. The average molecular weight is 289 g/mol. The van der Waals surface area contributed by atoms with E-state index in [2.05, 4.69) is 47.6 Å². The van der Waals surface area contributed by atoms with Gasteiger partial charge in [-0.05, 0) is 29.7 Å². The fraction of sp³-hybridized carbons (Fsp3) is 0.467. The first-order valence-corrected chi connectivity index (χ1v) is 7.77. The van der Waals surface area contributed by atoms with Crippen LogP contribution in [0.1, 0.15) is 30.0 Å². The van der Waals surface area contributed by atoms with Gasteiger partial charge in [0.1, 0.15) is 10.0 Å². The van der Waals surface area contributed by atoms with Crippen molar-refractivity contribution in [1.29, 1.82) is 0 Å². The fourth-order valence-corrected chi connectivity index (χ4v) is 3.02. The zero-order valence-corrected chi connectivity index (χ0v) is 12.7. The minimum atomic E-state index is 0.652. The van der Waals surface area contributed by atoms with Gasteiger partial charge in [-0.25, -0.2) is 0 Å². The first-order valence-electron chi connectivity index (χ1n) is 6.95. The third-order valence-electron chi connectivity index (χ3n) is 3.26. The van der Waals surface area contributed by atoms with Crippen LogP contribution in [0.15, 0.2) is 18.2 Å². The highest BCUT2D eigenvalue weighted by Crippen LogP contribution is 2.28. The van der Waals surface area contributed by atoms with Crippen molar-refractivity contribution in [2.45, 2.75) is 33.6 Å². The van der Waals surface area contributed by atoms with Gasteiger partial charge in [0.2, 0.25) is 0 Å². The van der Waals surface area contributed by atoms with E-state index in [-0.39, 0.29) is 0 Å². The molecule has 0 saturated carbocycles. The van der Waals surface area contributed by atoms with Crippen LogP contribution in [0, 0.1) is 5.92 Å². The van der Waals surface area contributed by atoms with Crippen LogP contribution >= 0.6 is 11.3 Å². The molecule has 1 N–H and O–H groups in total. The van der Waals surface area contributed by atoms with Crippen LogP contribution in [-0.4, -0.2) is 16.7 Å². The van der Waals surface area contributed by atoms with Gasteiger partial charge in [-0.15, -0.1) is 10.2 Å². The molecule has 0 saturated heterocycles. The zero-order valence-electron chi connectivity index (χ0n) is 11.8. The van der Waals surface area contributed by atoms with Crippen LogP contribution in [0.5, 0.6) is 0 Å². The summed E-state index contributed by atoms with van der Waals surface area (Å²) >= 11 is 1.66. The molecule has 2 heterocycles. The molecule has 0 bridgehead atoms. The molecule has 1 aromatic heterocycles. The Kier molecular flexibility index (Phi) is 4.10. The summed E-state index contributed by atoms with van der Waals surface area (Å²) in [4.78, 5) is 0. The first kappa shape index (κ1) is 13.7. The topological polar surface area (TPSA) is 47.0 Å². The van der Waals surface area contributed by atoms with Crippen LogP contribution in [-0.2, 0) is 24.5 Å². The molecule has 0 radical (unpaired) electrons. The van der Waals surface area contributed by atoms with Crippen molar-refractivity contribution < 1.29 is 4.74 Å². The standard InChI is InChI=1S/C15H19N3OS/c1-10(2)6-16-7-14-17-18-15(20-14)11-3-4-12-8-19-9-13(12)5-11/h3-5,10,16H,6-9H2,1-2H3. The van der Waals surface area contributed by atoms with Crippen molar-refractivity contribution in [3.05, 3.63) is 34.3 Å². The Morgan fingerprint density at radius 2 is 2.10 bits per heavy atom. The molecule has 0 amide bonds. The third kappa shape index (κ3) is 3.06. The monoisotopic (exact) mass is 289 g/mol. The van der Waals surface area contributed by atoms with Crippen LogP contribution in [0.2, 0.25) is 0 Å². The van der Waals surface area contributed by atoms with Crippen LogP contribution in [0.4, 0.5) is 0 Å². The van der Waals surface area contributed by atoms with E-state index in [9.17, 15) is 0 Å². The SMILES string of the molecule is CC(C)CNCc1nnc(-c2ccc3c(c2)COC3)s1. The van der Waals surface area contributed by atoms with Gasteiger partial charge in [-0.2, -0.15) is 0 Å². The lowest BCUT2D eigenvalue weighted by Crippen LogP contribution is -2.18. The van der Waals surface area contributed by atoms with Crippen LogP contribution < -0.4 is 5.32 Å². The second-order valence-corrected chi connectivity index (χ2v) is 6.56. The van der Waals surface area contributed by atoms with Crippen molar-refractivity contribution >= 4 is 11.3 Å².